The van der Waals surface area contributed by atoms with Crippen LogP contribution in [-0.4, -0.2) is 47.2 Å². The lowest BCUT2D eigenvalue weighted by Gasteiger charge is -2.26. The van der Waals surface area contributed by atoms with E-state index in [1.165, 1.54) is 5.56 Å². The molecule has 4 aromatic rings. The number of hydrogen-bond donors (Lipinski definition) is 2. The third-order valence-electron chi connectivity index (χ3n) is 5.78. The highest BCUT2D eigenvalue weighted by atomic mass is 32.1. The second kappa shape index (κ2) is 9.70. The molecule has 3 aromatic carbocycles. The van der Waals surface area contributed by atoms with Gasteiger partial charge in [-0.2, -0.15) is 0 Å². The van der Waals surface area contributed by atoms with Crippen molar-refractivity contribution in [1.82, 2.24) is 9.88 Å². The predicted molar refractivity (Wildman–Crippen MR) is 132 cm³/mol. The number of thiazole rings is 1. The summed E-state index contributed by atoms with van der Waals surface area (Å²) in [4.78, 5) is 19.7. The van der Waals surface area contributed by atoms with Crippen LogP contribution in [0, 0.1) is 0 Å². The minimum absolute atomic E-state index is 0.136. The Hall–Kier alpha value is -3.26. The van der Waals surface area contributed by atoms with Crippen molar-refractivity contribution in [3.63, 3.8) is 0 Å². The number of nitrogens with zero attached hydrogens (tertiary/aromatic N) is 2. The van der Waals surface area contributed by atoms with Gasteiger partial charge in [-0.3, -0.25) is 9.69 Å². The van der Waals surface area contributed by atoms with E-state index in [0.717, 1.165) is 54.5 Å². The lowest BCUT2D eigenvalue weighted by Crippen LogP contribution is -2.35. The largest absolute Gasteiger partial charge is 0.507 e. The molecule has 0 spiro atoms. The summed E-state index contributed by atoms with van der Waals surface area (Å²) in [5.41, 5.74) is 3.76. The predicted octanol–water partition coefficient (Wildman–Crippen LogP) is 4.68. The molecule has 1 saturated heterocycles. The molecule has 0 aliphatic carbocycles. The van der Waals surface area contributed by atoms with Crippen LogP contribution in [0.1, 0.15) is 11.3 Å². The zero-order valence-corrected chi connectivity index (χ0v) is 19.0. The van der Waals surface area contributed by atoms with Gasteiger partial charge in [0.2, 0.25) is 5.91 Å². The number of carbonyl (C=O) groups is 1. The number of nitrogens with one attached hydrogen (secondary N) is 1. The van der Waals surface area contributed by atoms with Gasteiger partial charge in [-0.25, -0.2) is 4.98 Å². The highest BCUT2D eigenvalue weighted by molar-refractivity contribution is 7.13. The van der Waals surface area contributed by atoms with Crippen LogP contribution in [0.4, 0.5) is 5.69 Å². The minimum atomic E-state index is -0.136. The van der Waals surface area contributed by atoms with Crippen LogP contribution in [-0.2, 0) is 22.5 Å². The van der Waals surface area contributed by atoms with Gasteiger partial charge in [-0.05, 0) is 17.7 Å². The number of ether oxygens (including phenoxy) is 1. The molecule has 1 amide bonds. The van der Waals surface area contributed by atoms with Gasteiger partial charge in [-0.1, -0.05) is 48.5 Å². The fourth-order valence-corrected chi connectivity index (χ4v) is 4.88. The van der Waals surface area contributed by atoms with Crippen molar-refractivity contribution < 1.29 is 14.6 Å². The van der Waals surface area contributed by atoms with E-state index >= 15 is 0 Å². The Labute approximate surface area is 196 Å². The van der Waals surface area contributed by atoms with Crippen LogP contribution >= 0.6 is 11.3 Å². The number of aromatic nitrogens is 1. The Morgan fingerprint density at radius 1 is 1.03 bits per heavy atom. The molecule has 1 aliphatic rings. The van der Waals surface area contributed by atoms with Crippen LogP contribution in [0.5, 0.6) is 5.75 Å². The average Bonchev–Trinajstić information content (AvgIpc) is 3.29. The summed E-state index contributed by atoms with van der Waals surface area (Å²) in [6.45, 7) is 4.48. The van der Waals surface area contributed by atoms with Gasteiger partial charge in [0.05, 0.1) is 25.3 Å². The molecule has 2 heterocycles. The maximum Gasteiger partial charge on any atom is 0.230 e. The number of aromatic hydroxyl groups is 1. The Balaban J connectivity index is 1.23. The first-order valence-corrected chi connectivity index (χ1v) is 11.9. The number of rotatable bonds is 6. The molecule has 2 N–H and O–H groups in total. The van der Waals surface area contributed by atoms with Gasteiger partial charge in [0.15, 0.2) is 0 Å². The quantitative estimate of drug-likeness (QED) is 0.438. The number of fused-ring (bicyclic) bond motifs is 1. The molecule has 0 radical (unpaired) electrons. The van der Waals surface area contributed by atoms with Gasteiger partial charge < -0.3 is 15.2 Å². The Morgan fingerprint density at radius 3 is 2.61 bits per heavy atom. The van der Waals surface area contributed by atoms with E-state index < -0.39 is 0 Å². The number of carbonyl (C=O) groups excluding carboxylic acids is 1. The van der Waals surface area contributed by atoms with Crippen molar-refractivity contribution in [3.05, 3.63) is 77.3 Å². The van der Waals surface area contributed by atoms with Gasteiger partial charge in [0.25, 0.3) is 0 Å². The van der Waals surface area contributed by atoms with Gasteiger partial charge in [-0.15, -0.1) is 11.3 Å². The zero-order chi connectivity index (χ0) is 22.6. The summed E-state index contributed by atoms with van der Waals surface area (Å²) >= 11 is 1.55. The van der Waals surface area contributed by atoms with Crippen molar-refractivity contribution in [3.8, 4) is 16.3 Å². The number of benzene rings is 3. The van der Waals surface area contributed by atoms with E-state index in [4.69, 9.17) is 4.74 Å². The molecule has 1 aromatic heterocycles. The third-order valence-corrected chi connectivity index (χ3v) is 6.72. The number of phenols is 1. The van der Waals surface area contributed by atoms with E-state index in [1.54, 1.807) is 23.5 Å². The SMILES string of the molecule is O=C(Cc1csc(-c2ccc(CN3CCOCC3)cc2)n1)Nc1cccc2c(O)cccc12. The summed E-state index contributed by atoms with van der Waals surface area (Å²) in [7, 11) is 0. The normalized spacial score (nSPS) is 14.4. The fraction of sp³-hybridized carbons (Fsp3) is 0.231. The second-order valence-electron chi connectivity index (χ2n) is 8.13. The monoisotopic (exact) mass is 459 g/mol. The first-order chi connectivity index (χ1) is 16.2. The van der Waals surface area contributed by atoms with Crippen molar-refractivity contribution in [1.29, 1.82) is 0 Å². The molecule has 1 fully saturated rings. The van der Waals surface area contributed by atoms with Crippen molar-refractivity contribution in [2.24, 2.45) is 0 Å². The number of hydrogen-bond acceptors (Lipinski definition) is 6. The van der Waals surface area contributed by atoms with Gasteiger partial charge in [0.1, 0.15) is 10.8 Å². The molecule has 0 saturated carbocycles. The van der Waals surface area contributed by atoms with Crippen LogP contribution < -0.4 is 5.32 Å². The average molecular weight is 460 g/mol. The number of amides is 1. The molecule has 5 rings (SSSR count). The molecule has 0 bridgehead atoms. The maximum absolute atomic E-state index is 12.7. The maximum atomic E-state index is 12.7. The Bertz CT molecular complexity index is 1260. The summed E-state index contributed by atoms with van der Waals surface area (Å²) in [6, 6.07) is 19.3. The molecule has 0 unspecified atom stereocenters. The third kappa shape index (κ3) is 5.06. The zero-order valence-electron chi connectivity index (χ0n) is 18.2. The second-order valence-corrected chi connectivity index (χ2v) is 8.99. The van der Waals surface area contributed by atoms with Gasteiger partial charge >= 0.3 is 0 Å². The van der Waals surface area contributed by atoms with Gasteiger partial charge in [0, 0.05) is 47.0 Å². The molecule has 1 aliphatic heterocycles. The molecule has 33 heavy (non-hydrogen) atoms. The molecule has 7 heteroatoms. The Kier molecular flexibility index (Phi) is 6.35. The van der Waals surface area contributed by atoms with Crippen molar-refractivity contribution in [2.75, 3.05) is 31.6 Å². The summed E-state index contributed by atoms with van der Waals surface area (Å²) in [5, 5.41) is 17.4. The summed E-state index contributed by atoms with van der Waals surface area (Å²) in [6.07, 6.45) is 0.195. The van der Waals surface area contributed by atoms with E-state index in [2.05, 4.69) is 39.5 Å². The lowest BCUT2D eigenvalue weighted by atomic mass is 10.1. The molecule has 168 valence electrons. The molecular weight excluding hydrogens is 434 g/mol. The standard InChI is InChI=1S/C26H25N3O3S/c30-24-6-2-3-21-22(24)4-1-5-23(21)28-25(31)15-20-17-33-26(27-20)19-9-7-18(8-10-19)16-29-11-13-32-14-12-29/h1-10,17,30H,11-16H2,(H,28,31). The van der Waals surface area contributed by atoms with Crippen LogP contribution in [0.2, 0.25) is 0 Å². The molecule has 6 nitrogen and oxygen atoms in total. The van der Waals surface area contributed by atoms with Crippen LogP contribution in [0.3, 0.4) is 0 Å². The number of phenolic OH excluding ortho intramolecular Hbond substituents is 1. The fourth-order valence-electron chi connectivity index (χ4n) is 4.05. The van der Waals surface area contributed by atoms with Crippen LogP contribution in [0.25, 0.3) is 21.3 Å². The highest BCUT2D eigenvalue weighted by Crippen LogP contribution is 2.30. The van der Waals surface area contributed by atoms with E-state index in [9.17, 15) is 9.90 Å². The minimum Gasteiger partial charge on any atom is -0.507 e. The topological polar surface area (TPSA) is 74.7 Å². The molecular formula is C26H25N3O3S. The van der Waals surface area contributed by atoms with E-state index in [1.807, 2.05) is 29.6 Å². The smallest absolute Gasteiger partial charge is 0.230 e. The first-order valence-electron chi connectivity index (χ1n) is 11.0. The summed E-state index contributed by atoms with van der Waals surface area (Å²) in [5.74, 6) is 0.0623. The Morgan fingerprint density at radius 2 is 1.79 bits per heavy atom. The lowest BCUT2D eigenvalue weighted by molar-refractivity contribution is -0.115. The highest BCUT2D eigenvalue weighted by Gasteiger charge is 2.13. The van der Waals surface area contributed by atoms with E-state index in [-0.39, 0.29) is 18.1 Å². The number of morpholine rings is 1. The summed E-state index contributed by atoms with van der Waals surface area (Å²) < 4.78 is 5.41. The molecule has 0 atom stereocenters. The van der Waals surface area contributed by atoms with E-state index in [0.29, 0.717) is 11.1 Å². The van der Waals surface area contributed by atoms with Crippen molar-refractivity contribution in [2.45, 2.75) is 13.0 Å². The number of anilines is 1. The first kappa shape index (κ1) is 21.6. The van der Waals surface area contributed by atoms with Crippen LogP contribution in [0.15, 0.2) is 66.0 Å². The van der Waals surface area contributed by atoms with Crippen molar-refractivity contribution >= 4 is 33.7 Å².